The number of carbonyl (C=O) groups excluding carboxylic acids is 3. The van der Waals surface area contributed by atoms with Crippen LogP contribution in [0, 0.1) is 10.1 Å². The van der Waals surface area contributed by atoms with E-state index >= 15 is 0 Å². The summed E-state index contributed by atoms with van der Waals surface area (Å²) in [5, 5.41) is 11.1. The number of hydrogen-bond donors (Lipinski definition) is 0. The quantitative estimate of drug-likeness (QED) is 0.460. The molecular weight excluding hydrogens is 314 g/mol. The second kappa shape index (κ2) is 4.77. The molecular formula is C13H10ClN3O5. The van der Waals surface area contributed by atoms with Crippen molar-refractivity contribution in [2.75, 3.05) is 13.1 Å². The molecule has 0 unspecified atom stereocenters. The van der Waals surface area contributed by atoms with Gasteiger partial charge in [-0.2, -0.15) is 0 Å². The van der Waals surface area contributed by atoms with Crippen LogP contribution >= 0.6 is 11.6 Å². The van der Waals surface area contributed by atoms with Crippen LogP contribution in [0.25, 0.3) is 0 Å². The van der Waals surface area contributed by atoms with E-state index in [1.54, 1.807) is 0 Å². The number of likely N-dealkylation sites (tertiary alicyclic amines) is 1. The Balaban J connectivity index is 1.98. The molecule has 9 heteroatoms. The van der Waals surface area contributed by atoms with Gasteiger partial charge in [-0.3, -0.25) is 29.4 Å². The molecule has 3 rings (SSSR count). The van der Waals surface area contributed by atoms with E-state index < -0.39 is 28.5 Å². The van der Waals surface area contributed by atoms with Crippen molar-refractivity contribution in [2.24, 2.45) is 0 Å². The monoisotopic (exact) mass is 323 g/mol. The number of halogens is 1. The number of carbonyl (C=O) groups is 3. The van der Waals surface area contributed by atoms with Crippen molar-refractivity contribution >= 4 is 35.0 Å². The number of nitro benzene ring substituents is 1. The normalized spacial score (nSPS) is 17.5. The summed E-state index contributed by atoms with van der Waals surface area (Å²) in [6.45, 7) is 1.87. The lowest BCUT2D eigenvalue weighted by Crippen LogP contribution is -2.61. The maximum absolute atomic E-state index is 12.4. The summed E-state index contributed by atoms with van der Waals surface area (Å²) < 4.78 is 0. The minimum absolute atomic E-state index is 0.0208. The summed E-state index contributed by atoms with van der Waals surface area (Å²) in [7, 11) is 0. The van der Waals surface area contributed by atoms with Gasteiger partial charge in [-0.05, 0) is 6.07 Å². The van der Waals surface area contributed by atoms with Gasteiger partial charge in [0.2, 0.25) is 5.91 Å². The van der Waals surface area contributed by atoms with Crippen LogP contribution < -0.4 is 0 Å². The van der Waals surface area contributed by atoms with Crippen molar-refractivity contribution < 1.29 is 19.3 Å². The fraction of sp³-hybridized carbons (Fsp3) is 0.308. The van der Waals surface area contributed by atoms with Crippen LogP contribution in [0.1, 0.15) is 27.6 Å². The molecule has 8 nitrogen and oxygen atoms in total. The van der Waals surface area contributed by atoms with E-state index in [1.807, 2.05) is 0 Å². The minimum Gasteiger partial charge on any atom is -0.339 e. The molecule has 0 radical (unpaired) electrons. The van der Waals surface area contributed by atoms with E-state index in [0.717, 1.165) is 11.0 Å². The smallest absolute Gasteiger partial charge is 0.284 e. The fourth-order valence-electron chi connectivity index (χ4n) is 2.68. The molecule has 0 saturated carbocycles. The van der Waals surface area contributed by atoms with Crippen LogP contribution in [-0.2, 0) is 4.79 Å². The first-order valence-electron chi connectivity index (χ1n) is 6.42. The Morgan fingerprint density at radius 2 is 1.95 bits per heavy atom. The number of imide groups is 1. The van der Waals surface area contributed by atoms with E-state index in [-0.39, 0.29) is 35.1 Å². The average molecular weight is 324 g/mol. The van der Waals surface area contributed by atoms with Crippen LogP contribution in [0.2, 0.25) is 5.02 Å². The van der Waals surface area contributed by atoms with Crippen LogP contribution in [0.4, 0.5) is 5.69 Å². The third-order valence-corrected chi connectivity index (χ3v) is 4.05. The Hall–Kier alpha value is -2.48. The Kier molecular flexibility index (Phi) is 3.13. The Bertz CT molecular complexity index is 741. The van der Waals surface area contributed by atoms with Gasteiger partial charge in [0.05, 0.1) is 16.5 Å². The molecule has 0 aliphatic carbocycles. The van der Waals surface area contributed by atoms with Gasteiger partial charge in [-0.15, -0.1) is 0 Å². The lowest BCUT2D eigenvalue weighted by atomic mass is 10.1. The zero-order valence-electron chi connectivity index (χ0n) is 11.4. The highest BCUT2D eigenvalue weighted by molar-refractivity contribution is 6.33. The SMILES string of the molecule is CC(=O)N1CC(N2C(=O)c3cc(Cl)cc([N+](=O)[O-])c3C2=O)C1. The van der Waals surface area contributed by atoms with Crippen molar-refractivity contribution in [3.63, 3.8) is 0 Å². The van der Waals surface area contributed by atoms with Gasteiger partial charge < -0.3 is 4.90 Å². The first kappa shape index (κ1) is 14.5. The predicted octanol–water partition coefficient (Wildman–Crippen LogP) is 1.07. The summed E-state index contributed by atoms with van der Waals surface area (Å²) in [6.07, 6.45) is 0. The molecule has 22 heavy (non-hydrogen) atoms. The largest absolute Gasteiger partial charge is 0.339 e. The standard InChI is InChI=1S/C13H10ClN3O5/c1-6(18)15-4-8(5-15)16-12(19)9-2-7(14)3-10(17(21)22)11(9)13(16)20/h2-3,8H,4-5H2,1H3. The molecule has 1 fully saturated rings. The molecule has 2 heterocycles. The first-order chi connectivity index (χ1) is 10.3. The Labute approximate surface area is 129 Å². The third-order valence-electron chi connectivity index (χ3n) is 3.83. The van der Waals surface area contributed by atoms with Crippen molar-refractivity contribution in [2.45, 2.75) is 13.0 Å². The molecule has 1 saturated heterocycles. The third kappa shape index (κ3) is 1.95. The number of hydrogen-bond acceptors (Lipinski definition) is 5. The van der Waals surface area contributed by atoms with E-state index in [1.165, 1.54) is 17.9 Å². The minimum atomic E-state index is -0.734. The van der Waals surface area contributed by atoms with Crippen LogP contribution in [0.3, 0.4) is 0 Å². The highest BCUT2D eigenvalue weighted by Crippen LogP contribution is 2.36. The molecule has 0 bridgehead atoms. The Morgan fingerprint density at radius 3 is 2.50 bits per heavy atom. The van der Waals surface area contributed by atoms with Gasteiger partial charge in [0.1, 0.15) is 5.56 Å². The molecule has 0 spiro atoms. The van der Waals surface area contributed by atoms with E-state index in [2.05, 4.69) is 0 Å². The van der Waals surface area contributed by atoms with Crippen LogP contribution in [0.15, 0.2) is 12.1 Å². The highest BCUT2D eigenvalue weighted by Gasteiger charge is 2.48. The van der Waals surface area contributed by atoms with Crippen molar-refractivity contribution in [1.29, 1.82) is 0 Å². The molecule has 2 aliphatic heterocycles. The second-order valence-corrected chi connectivity index (χ2v) is 5.60. The molecule has 1 aromatic carbocycles. The predicted molar refractivity (Wildman–Crippen MR) is 74.6 cm³/mol. The first-order valence-corrected chi connectivity index (χ1v) is 6.80. The second-order valence-electron chi connectivity index (χ2n) is 5.16. The summed E-state index contributed by atoms with van der Waals surface area (Å²) in [5.41, 5.74) is -0.780. The van der Waals surface area contributed by atoms with Gasteiger partial charge in [0, 0.05) is 31.1 Å². The average Bonchev–Trinajstić information content (AvgIpc) is 2.61. The number of fused-ring (bicyclic) bond motifs is 1. The number of nitro groups is 1. The van der Waals surface area contributed by atoms with E-state index in [0.29, 0.717) is 0 Å². The van der Waals surface area contributed by atoms with Gasteiger partial charge in [-0.1, -0.05) is 11.6 Å². The van der Waals surface area contributed by atoms with Crippen molar-refractivity contribution in [1.82, 2.24) is 9.80 Å². The zero-order valence-corrected chi connectivity index (χ0v) is 12.2. The molecule has 1 aromatic rings. The number of rotatable bonds is 2. The lowest BCUT2D eigenvalue weighted by molar-refractivity contribution is -0.385. The topological polar surface area (TPSA) is 101 Å². The summed E-state index contributed by atoms with van der Waals surface area (Å²) >= 11 is 5.79. The molecule has 3 amide bonds. The summed E-state index contributed by atoms with van der Waals surface area (Å²) in [6, 6.07) is 1.85. The fourth-order valence-corrected chi connectivity index (χ4v) is 2.89. The maximum atomic E-state index is 12.4. The van der Waals surface area contributed by atoms with E-state index in [4.69, 9.17) is 11.6 Å². The number of amides is 3. The van der Waals surface area contributed by atoms with Crippen molar-refractivity contribution in [3.05, 3.63) is 38.4 Å². The molecule has 0 atom stereocenters. The molecule has 2 aliphatic rings. The Morgan fingerprint density at radius 1 is 1.32 bits per heavy atom. The molecule has 0 aromatic heterocycles. The van der Waals surface area contributed by atoms with Gasteiger partial charge in [0.25, 0.3) is 17.5 Å². The van der Waals surface area contributed by atoms with Crippen LogP contribution in [-0.4, -0.2) is 51.6 Å². The van der Waals surface area contributed by atoms with E-state index in [9.17, 15) is 24.5 Å². The van der Waals surface area contributed by atoms with Gasteiger partial charge >= 0.3 is 0 Å². The van der Waals surface area contributed by atoms with Gasteiger partial charge in [-0.25, -0.2) is 0 Å². The number of benzene rings is 1. The van der Waals surface area contributed by atoms with Gasteiger partial charge in [0.15, 0.2) is 0 Å². The molecule has 0 N–H and O–H groups in total. The highest BCUT2D eigenvalue weighted by atomic mass is 35.5. The lowest BCUT2D eigenvalue weighted by Gasteiger charge is -2.42. The maximum Gasteiger partial charge on any atom is 0.284 e. The van der Waals surface area contributed by atoms with Crippen LogP contribution in [0.5, 0.6) is 0 Å². The number of nitrogens with zero attached hydrogens (tertiary/aromatic N) is 3. The molecule has 114 valence electrons. The summed E-state index contributed by atoms with van der Waals surface area (Å²) in [5.74, 6) is -1.47. The summed E-state index contributed by atoms with van der Waals surface area (Å²) in [4.78, 5) is 48.8. The van der Waals surface area contributed by atoms with Crippen molar-refractivity contribution in [3.8, 4) is 0 Å². The zero-order chi connectivity index (χ0) is 16.2.